The van der Waals surface area contributed by atoms with Gasteiger partial charge < -0.3 is 5.32 Å². The molecule has 0 atom stereocenters. The van der Waals surface area contributed by atoms with E-state index >= 15 is 0 Å². The highest BCUT2D eigenvalue weighted by molar-refractivity contribution is 5.90. The van der Waals surface area contributed by atoms with Crippen LogP contribution in [0.2, 0.25) is 0 Å². The van der Waals surface area contributed by atoms with E-state index in [0.29, 0.717) is 17.6 Å². The highest BCUT2D eigenvalue weighted by Gasteiger charge is 2.11. The van der Waals surface area contributed by atoms with Gasteiger partial charge in [-0.3, -0.25) is 29.3 Å². The average Bonchev–Trinajstić information content (AvgIpc) is 2.64. The Kier molecular flexibility index (Phi) is 4.97. The largest absolute Gasteiger partial charge is 0.325 e. The van der Waals surface area contributed by atoms with Crippen LogP contribution < -0.4 is 10.9 Å². The van der Waals surface area contributed by atoms with Crippen LogP contribution in [-0.2, 0) is 11.3 Å². The zero-order chi connectivity index (χ0) is 18.5. The standard InChI is InChI=1S/C17H15N5O4/c23-16(20-12-3-1-7-18-10-12)4-2-8-21-11-19-15-6-5-13(22(25)26)9-14(15)17(21)24/h1,3,5-7,9-11H,2,4,8H2,(H,20,23). The monoisotopic (exact) mass is 353 g/mol. The summed E-state index contributed by atoms with van der Waals surface area (Å²) >= 11 is 0. The summed E-state index contributed by atoms with van der Waals surface area (Å²) in [6, 6.07) is 7.42. The molecule has 3 aromatic rings. The molecular weight excluding hydrogens is 338 g/mol. The zero-order valence-corrected chi connectivity index (χ0v) is 13.7. The molecule has 0 aliphatic carbocycles. The molecule has 0 aliphatic heterocycles. The summed E-state index contributed by atoms with van der Waals surface area (Å²) in [4.78, 5) is 42.7. The Morgan fingerprint density at radius 3 is 2.88 bits per heavy atom. The second-order valence-corrected chi connectivity index (χ2v) is 5.60. The first-order valence-corrected chi connectivity index (χ1v) is 7.88. The number of rotatable bonds is 6. The van der Waals surface area contributed by atoms with E-state index in [9.17, 15) is 19.7 Å². The summed E-state index contributed by atoms with van der Waals surface area (Å²) < 4.78 is 1.35. The number of aromatic nitrogens is 3. The topological polar surface area (TPSA) is 120 Å². The molecule has 132 valence electrons. The molecular formula is C17H15N5O4. The van der Waals surface area contributed by atoms with Crippen LogP contribution >= 0.6 is 0 Å². The van der Waals surface area contributed by atoms with Gasteiger partial charge in [0.2, 0.25) is 5.91 Å². The lowest BCUT2D eigenvalue weighted by atomic mass is 10.2. The van der Waals surface area contributed by atoms with Crippen molar-refractivity contribution >= 4 is 28.2 Å². The summed E-state index contributed by atoms with van der Waals surface area (Å²) in [7, 11) is 0. The van der Waals surface area contributed by atoms with Crippen LogP contribution in [0.3, 0.4) is 0 Å². The molecule has 0 spiro atoms. The second-order valence-electron chi connectivity index (χ2n) is 5.60. The van der Waals surface area contributed by atoms with Crippen LogP contribution in [0.25, 0.3) is 10.9 Å². The maximum Gasteiger partial charge on any atom is 0.270 e. The normalized spacial score (nSPS) is 10.6. The predicted octanol–water partition coefficient (Wildman–Crippen LogP) is 2.12. The summed E-state index contributed by atoms with van der Waals surface area (Å²) in [5, 5.41) is 13.8. The fourth-order valence-corrected chi connectivity index (χ4v) is 2.49. The highest BCUT2D eigenvalue weighted by Crippen LogP contribution is 2.16. The molecule has 1 aromatic carbocycles. The number of pyridine rings is 1. The van der Waals surface area contributed by atoms with Crippen LogP contribution in [0, 0.1) is 10.1 Å². The van der Waals surface area contributed by atoms with Crippen LogP contribution in [0.5, 0.6) is 0 Å². The van der Waals surface area contributed by atoms with Crippen molar-refractivity contribution in [3.05, 3.63) is 69.5 Å². The molecule has 2 aromatic heterocycles. The molecule has 0 aliphatic rings. The van der Waals surface area contributed by atoms with Crippen LogP contribution in [0.1, 0.15) is 12.8 Å². The Morgan fingerprint density at radius 1 is 1.31 bits per heavy atom. The van der Waals surface area contributed by atoms with Crippen LogP contribution in [0.15, 0.2) is 53.8 Å². The maximum absolute atomic E-state index is 12.5. The summed E-state index contributed by atoms with van der Waals surface area (Å²) in [6.45, 7) is 0.283. The van der Waals surface area contributed by atoms with E-state index < -0.39 is 4.92 Å². The number of nitrogens with one attached hydrogen (secondary N) is 1. The van der Waals surface area contributed by atoms with Gasteiger partial charge in [0.05, 0.1) is 34.0 Å². The Morgan fingerprint density at radius 2 is 2.15 bits per heavy atom. The number of hydrogen-bond donors (Lipinski definition) is 1. The maximum atomic E-state index is 12.5. The van der Waals surface area contributed by atoms with Crippen molar-refractivity contribution in [3.63, 3.8) is 0 Å². The van der Waals surface area contributed by atoms with Gasteiger partial charge in [0.15, 0.2) is 0 Å². The minimum atomic E-state index is -0.557. The smallest absolute Gasteiger partial charge is 0.270 e. The first kappa shape index (κ1) is 17.2. The van der Waals surface area contributed by atoms with Crippen molar-refractivity contribution < 1.29 is 9.72 Å². The SMILES string of the molecule is O=C(CCCn1cnc2ccc([N+](=O)[O-])cc2c1=O)Nc1cccnc1. The van der Waals surface area contributed by atoms with Gasteiger partial charge in [-0.15, -0.1) is 0 Å². The summed E-state index contributed by atoms with van der Waals surface area (Å²) in [6.07, 6.45) is 5.18. The molecule has 9 nitrogen and oxygen atoms in total. The lowest BCUT2D eigenvalue weighted by Gasteiger charge is -2.07. The van der Waals surface area contributed by atoms with Gasteiger partial charge in [0.25, 0.3) is 11.2 Å². The summed E-state index contributed by atoms with van der Waals surface area (Å²) in [5.74, 6) is -0.185. The number of amides is 1. The van der Waals surface area contributed by atoms with E-state index in [2.05, 4.69) is 15.3 Å². The van der Waals surface area contributed by atoms with Crippen molar-refractivity contribution in [3.8, 4) is 0 Å². The van der Waals surface area contributed by atoms with Gasteiger partial charge in [-0.05, 0) is 24.6 Å². The number of nitro benzene ring substituents is 1. The van der Waals surface area contributed by atoms with E-state index in [1.165, 1.54) is 29.1 Å². The Bertz CT molecular complexity index is 1020. The minimum absolute atomic E-state index is 0.162. The third kappa shape index (κ3) is 3.89. The minimum Gasteiger partial charge on any atom is -0.325 e. The Hall–Kier alpha value is -3.62. The molecule has 0 saturated carbocycles. The van der Waals surface area contributed by atoms with E-state index in [1.54, 1.807) is 24.5 Å². The number of anilines is 1. The first-order valence-electron chi connectivity index (χ1n) is 7.88. The van der Waals surface area contributed by atoms with Gasteiger partial charge >= 0.3 is 0 Å². The molecule has 9 heteroatoms. The third-order valence-corrected chi connectivity index (χ3v) is 3.77. The van der Waals surface area contributed by atoms with E-state index in [4.69, 9.17) is 0 Å². The fourth-order valence-electron chi connectivity index (χ4n) is 2.49. The molecule has 0 radical (unpaired) electrons. The van der Waals surface area contributed by atoms with Crippen molar-refractivity contribution in [2.75, 3.05) is 5.32 Å². The van der Waals surface area contributed by atoms with Crippen molar-refractivity contribution in [2.45, 2.75) is 19.4 Å². The van der Waals surface area contributed by atoms with Crippen molar-refractivity contribution in [1.29, 1.82) is 0 Å². The zero-order valence-electron chi connectivity index (χ0n) is 13.7. The van der Waals surface area contributed by atoms with Gasteiger partial charge in [0, 0.05) is 31.3 Å². The quantitative estimate of drug-likeness (QED) is 0.535. The number of fused-ring (bicyclic) bond motifs is 1. The molecule has 0 saturated heterocycles. The van der Waals surface area contributed by atoms with E-state index in [-0.39, 0.29) is 35.5 Å². The number of nitrogens with zero attached hydrogens (tertiary/aromatic N) is 4. The summed E-state index contributed by atoms with van der Waals surface area (Å²) in [5.41, 5.74) is 0.469. The number of nitro groups is 1. The average molecular weight is 353 g/mol. The molecule has 0 bridgehead atoms. The number of non-ortho nitro benzene ring substituents is 1. The number of benzene rings is 1. The van der Waals surface area contributed by atoms with E-state index in [1.807, 2.05) is 0 Å². The Balaban J connectivity index is 1.67. The molecule has 3 rings (SSSR count). The molecule has 26 heavy (non-hydrogen) atoms. The molecule has 0 fully saturated rings. The lowest BCUT2D eigenvalue weighted by molar-refractivity contribution is -0.384. The van der Waals surface area contributed by atoms with Gasteiger partial charge in [-0.1, -0.05) is 0 Å². The highest BCUT2D eigenvalue weighted by atomic mass is 16.6. The van der Waals surface area contributed by atoms with Crippen molar-refractivity contribution in [1.82, 2.24) is 14.5 Å². The Labute approximate surface area is 147 Å². The molecule has 1 N–H and O–H groups in total. The number of aryl methyl sites for hydroxylation is 1. The third-order valence-electron chi connectivity index (χ3n) is 3.77. The predicted molar refractivity (Wildman–Crippen MR) is 94.8 cm³/mol. The van der Waals surface area contributed by atoms with Crippen LogP contribution in [-0.4, -0.2) is 25.4 Å². The van der Waals surface area contributed by atoms with Gasteiger partial charge in [0.1, 0.15) is 0 Å². The van der Waals surface area contributed by atoms with Crippen LogP contribution in [0.4, 0.5) is 11.4 Å². The second kappa shape index (κ2) is 7.51. The molecule has 1 amide bonds. The van der Waals surface area contributed by atoms with Gasteiger partial charge in [-0.25, -0.2) is 4.98 Å². The number of carbonyl (C=O) groups is 1. The van der Waals surface area contributed by atoms with Crippen molar-refractivity contribution in [2.24, 2.45) is 0 Å². The van der Waals surface area contributed by atoms with E-state index in [0.717, 1.165) is 0 Å². The fraction of sp³-hybridized carbons (Fsp3) is 0.176. The first-order chi connectivity index (χ1) is 12.5. The lowest BCUT2D eigenvalue weighted by Crippen LogP contribution is -2.21. The number of hydrogen-bond acceptors (Lipinski definition) is 6. The molecule has 2 heterocycles. The number of carbonyl (C=O) groups excluding carboxylic acids is 1. The van der Waals surface area contributed by atoms with Gasteiger partial charge in [-0.2, -0.15) is 0 Å². The molecule has 0 unspecified atom stereocenters.